The van der Waals surface area contributed by atoms with Crippen LogP contribution in [0.2, 0.25) is 0 Å². The van der Waals surface area contributed by atoms with E-state index in [1.165, 1.54) is 5.56 Å². The molecule has 0 radical (unpaired) electrons. The number of aryl methyl sites for hydroxylation is 2. The second-order valence-electron chi connectivity index (χ2n) is 8.14. The van der Waals surface area contributed by atoms with E-state index in [0.717, 1.165) is 16.7 Å². The fourth-order valence-electron chi connectivity index (χ4n) is 2.98. The number of rotatable bonds is 7. The lowest BCUT2D eigenvalue weighted by molar-refractivity contribution is -0.143. The van der Waals surface area contributed by atoms with Crippen molar-refractivity contribution in [3.63, 3.8) is 0 Å². The number of hydrogen-bond acceptors (Lipinski definition) is 4. The van der Waals surface area contributed by atoms with Gasteiger partial charge in [-0.25, -0.2) is 0 Å². The largest absolute Gasteiger partial charge is 0.494 e. The van der Waals surface area contributed by atoms with Gasteiger partial charge in [-0.3, -0.25) is 9.59 Å². The summed E-state index contributed by atoms with van der Waals surface area (Å²) in [5.41, 5.74) is 4.98. The van der Waals surface area contributed by atoms with Crippen LogP contribution >= 0.6 is 0 Å². The van der Waals surface area contributed by atoms with E-state index < -0.39 is 5.97 Å². The van der Waals surface area contributed by atoms with Gasteiger partial charge in [-0.2, -0.15) is 0 Å². The number of nitrogens with one attached hydrogen (secondary N) is 1. The van der Waals surface area contributed by atoms with Crippen LogP contribution in [0, 0.1) is 13.8 Å². The highest BCUT2D eigenvalue weighted by Crippen LogP contribution is 2.27. The molecule has 2 rings (SSSR count). The van der Waals surface area contributed by atoms with Gasteiger partial charge in [0.25, 0.3) is 5.91 Å². The zero-order valence-corrected chi connectivity index (χ0v) is 18.2. The van der Waals surface area contributed by atoms with Gasteiger partial charge in [-0.05, 0) is 72.7 Å². The van der Waals surface area contributed by atoms with Crippen LogP contribution in [0.4, 0.5) is 0 Å². The zero-order valence-electron chi connectivity index (χ0n) is 18.2. The second kappa shape index (κ2) is 9.59. The molecule has 0 unspecified atom stereocenters. The van der Waals surface area contributed by atoms with Crippen LogP contribution in [-0.4, -0.2) is 25.0 Å². The van der Waals surface area contributed by atoms with E-state index in [4.69, 9.17) is 9.47 Å². The van der Waals surface area contributed by atoms with Gasteiger partial charge in [0.2, 0.25) is 0 Å². The van der Waals surface area contributed by atoms with Gasteiger partial charge in [0.05, 0.1) is 6.61 Å². The van der Waals surface area contributed by atoms with Crippen LogP contribution in [0.1, 0.15) is 60.3 Å². The predicted octanol–water partition coefficient (Wildman–Crippen LogP) is 4.47. The van der Waals surface area contributed by atoms with E-state index in [2.05, 4.69) is 38.2 Å². The molecule has 2 aromatic rings. The van der Waals surface area contributed by atoms with E-state index in [9.17, 15) is 9.59 Å². The molecular weight excluding hydrogens is 366 g/mol. The molecule has 2 aromatic carbocycles. The molecule has 0 aliphatic carbocycles. The Morgan fingerprint density at radius 2 is 1.59 bits per heavy atom. The Kier molecular flexibility index (Phi) is 7.43. The van der Waals surface area contributed by atoms with E-state index in [0.29, 0.717) is 17.9 Å². The van der Waals surface area contributed by atoms with Gasteiger partial charge >= 0.3 is 5.97 Å². The Morgan fingerprint density at radius 1 is 1.00 bits per heavy atom. The maximum atomic E-state index is 12.2. The minimum atomic E-state index is -0.469. The van der Waals surface area contributed by atoms with Crippen molar-refractivity contribution in [1.82, 2.24) is 5.32 Å². The lowest BCUT2D eigenvalue weighted by Crippen LogP contribution is -2.30. The minimum absolute atomic E-state index is 0.0654. The Labute approximate surface area is 173 Å². The molecule has 1 amide bonds. The van der Waals surface area contributed by atoms with Crippen molar-refractivity contribution >= 4 is 11.9 Å². The molecule has 0 heterocycles. The van der Waals surface area contributed by atoms with E-state index in [-0.39, 0.29) is 24.5 Å². The average molecular weight is 398 g/mol. The monoisotopic (exact) mass is 397 g/mol. The van der Waals surface area contributed by atoms with Crippen molar-refractivity contribution in [1.29, 1.82) is 0 Å². The molecule has 29 heavy (non-hydrogen) atoms. The van der Waals surface area contributed by atoms with Gasteiger partial charge in [-0.15, -0.1) is 0 Å². The van der Waals surface area contributed by atoms with E-state index >= 15 is 0 Å². The summed E-state index contributed by atoms with van der Waals surface area (Å²) in [6.45, 7) is 13.1. The van der Waals surface area contributed by atoms with Crippen molar-refractivity contribution in [2.24, 2.45) is 0 Å². The van der Waals surface area contributed by atoms with Crippen LogP contribution in [0.3, 0.4) is 0 Å². The fraction of sp³-hybridized carbons (Fsp3) is 0.417. The van der Waals surface area contributed by atoms with Crippen molar-refractivity contribution in [2.45, 2.75) is 53.6 Å². The molecule has 0 aromatic heterocycles. The number of amides is 1. The standard InChI is InChI=1S/C24H31NO4/c1-7-28-20-10-8-18(9-11-20)23(27)25-14-22(26)29-15-21-16(2)12-19(13-17(21)3)24(4,5)6/h8-13H,7,14-15H2,1-6H3,(H,25,27). The molecule has 0 aliphatic rings. The molecule has 0 fully saturated rings. The fourth-order valence-corrected chi connectivity index (χ4v) is 2.98. The first kappa shape index (κ1) is 22.5. The van der Waals surface area contributed by atoms with Crippen molar-refractivity contribution in [3.8, 4) is 5.75 Å². The Morgan fingerprint density at radius 3 is 2.10 bits per heavy atom. The molecule has 0 atom stereocenters. The van der Waals surface area contributed by atoms with Crippen molar-refractivity contribution < 1.29 is 19.1 Å². The highest BCUT2D eigenvalue weighted by atomic mass is 16.5. The lowest BCUT2D eigenvalue weighted by Gasteiger charge is -2.22. The summed E-state index contributed by atoms with van der Waals surface area (Å²) < 4.78 is 10.7. The van der Waals surface area contributed by atoms with Crippen LogP contribution in [-0.2, 0) is 21.6 Å². The molecule has 156 valence electrons. The summed E-state index contributed by atoms with van der Waals surface area (Å²) in [6, 6.07) is 11.1. The molecule has 0 saturated carbocycles. The summed E-state index contributed by atoms with van der Waals surface area (Å²) in [5.74, 6) is -0.0958. The SMILES string of the molecule is CCOc1ccc(C(=O)NCC(=O)OCc2c(C)cc(C(C)(C)C)cc2C)cc1. The minimum Gasteiger partial charge on any atom is -0.494 e. The van der Waals surface area contributed by atoms with Crippen molar-refractivity contribution in [3.05, 3.63) is 64.2 Å². The summed E-state index contributed by atoms with van der Waals surface area (Å²) in [6.07, 6.45) is 0. The Hall–Kier alpha value is -2.82. The number of carbonyl (C=O) groups is 2. The van der Waals surface area contributed by atoms with E-state index in [1.807, 2.05) is 20.8 Å². The summed E-state index contributed by atoms with van der Waals surface area (Å²) >= 11 is 0. The quantitative estimate of drug-likeness (QED) is 0.700. The molecule has 5 nitrogen and oxygen atoms in total. The third-order valence-corrected chi connectivity index (χ3v) is 4.76. The lowest BCUT2D eigenvalue weighted by atomic mass is 9.84. The summed E-state index contributed by atoms with van der Waals surface area (Å²) in [5, 5.41) is 2.59. The van der Waals surface area contributed by atoms with Crippen LogP contribution in [0.15, 0.2) is 36.4 Å². The maximum Gasteiger partial charge on any atom is 0.325 e. The molecule has 0 spiro atoms. The van der Waals surface area contributed by atoms with E-state index in [1.54, 1.807) is 24.3 Å². The van der Waals surface area contributed by atoms with Gasteiger partial charge in [0.1, 0.15) is 18.9 Å². The van der Waals surface area contributed by atoms with Crippen LogP contribution < -0.4 is 10.1 Å². The predicted molar refractivity (Wildman–Crippen MR) is 114 cm³/mol. The third kappa shape index (κ3) is 6.34. The smallest absolute Gasteiger partial charge is 0.325 e. The first-order valence-corrected chi connectivity index (χ1v) is 9.89. The average Bonchev–Trinajstić information content (AvgIpc) is 2.65. The summed E-state index contributed by atoms with van der Waals surface area (Å²) in [4.78, 5) is 24.3. The highest BCUT2D eigenvalue weighted by molar-refractivity contribution is 5.96. The second-order valence-corrected chi connectivity index (χ2v) is 8.14. The van der Waals surface area contributed by atoms with Crippen molar-refractivity contribution in [2.75, 3.05) is 13.2 Å². The van der Waals surface area contributed by atoms with Gasteiger partial charge in [0.15, 0.2) is 0 Å². The molecular formula is C24H31NO4. The molecule has 0 aliphatic heterocycles. The van der Waals surface area contributed by atoms with Gasteiger partial charge in [0, 0.05) is 5.56 Å². The zero-order chi connectivity index (χ0) is 21.6. The first-order chi connectivity index (χ1) is 13.6. The first-order valence-electron chi connectivity index (χ1n) is 9.89. The Balaban J connectivity index is 1.89. The van der Waals surface area contributed by atoms with Crippen LogP contribution in [0.25, 0.3) is 0 Å². The number of benzene rings is 2. The topological polar surface area (TPSA) is 64.6 Å². The van der Waals surface area contributed by atoms with Gasteiger partial charge < -0.3 is 14.8 Å². The summed E-state index contributed by atoms with van der Waals surface area (Å²) in [7, 11) is 0. The normalized spacial score (nSPS) is 11.1. The molecule has 0 saturated heterocycles. The Bertz CT molecular complexity index is 840. The number of carbonyl (C=O) groups excluding carboxylic acids is 2. The number of esters is 1. The number of ether oxygens (including phenoxy) is 2. The molecule has 0 bridgehead atoms. The van der Waals surface area contributed by atoms with Crippen LogP contribution in [0.5, 0.6) is 5.75 Å². The third-order valence-electron chi connectivity index (χ3n) is 4.76. The molecule has 5 heteroatoms. The molecule has 1 N–H and O–H groups in total. The van der Waals surface area contributed by atoms with Gasteiger partial charge in [-0.1, -0.05) is 32.9 Å². The highest BCUT2D eigenvalue weighted by Gasteiger charge is 2.17. The number of hydrogen-bond donors (Lipinski definition) is 1. The maximum absolute atomic E-state index is 12.2.